The SMILES string of the molecule is CCN(CC)C(=O)[C@H](OC(=O)c1sc2nc3n(c(=O)c2c1C)CCC3)c1ccccc1. The average Bonchev–Trinajstić information content (AvgIpc) is 3.38. The second-order valence-corrected chi connectivity index (χ2v) is 8.53. The lowest BCUT2D eigenvalue weighted by Gasteiger charge is -2.25. The van der Waals surface area contributed by atoms with Crippen molar-refractivity contribution >= 4 is 33.4 Å². The Morgan fingerprint density at radius 1 is 1.23 bits per heavy atom. The third-order valence-electron chi connectivity index (χ3n) is 5.72. The number of rotatable bonds is 6. The molecule has 1 aromatic carbocycles. The van der Waals surface area contributed by atoms with Gasteiger partial charge in [-0.15, -0.1) is 11.3 Å². The molecule has 31 heavy (non-hydrogen) atoms. The third-order valence-corrected chi connectivity index (χ3v) is 6.89. The van der Waals surface area contributed by atoms with Gasteiger partial charge in [0.2, 0.25) is 6.10 Å². The first-order chi connectivity index (χ1) is 15.0. The molecular weight excluding hydrogens is 414 g/mol. The zero-order valence-corrected chi connectivity index (χ0v) is 18.7. The van der Waals surface area contributed by atoms with Crippen LogP contribution in [0.1, 0.15) is 53.0 Å². The van der Waals surface area contributed by atoms with Gasteiger partial charge in [-0.2, -0.15) is 0 Å². The summed E-state index contributed by atoms with van der Waals surface area (Å²) >= 11 is 1.16. The number of esters is 1. The summed E-state index contributed by atoms with van der Waals surface area (Å²) in [5, 5.41) is 0.467. The van der Waals surface area contributed by atoms with Crippen LogP contribution in [0, 0.1) is 6.92 Å². The fraction of sp³-hybridized carbons (Fsp3) is 0.391. The van der Waals surface area contributed by atoms with Crippen molar-refractivity contribution < 1.29 is 14.3 Å². The predicted octanol–water partition coefficient (Wildman–Crippen LogP) is 3.48. The highest BCUT2D eigenvalue weighted by Crippen LogP contribution is 2.31. The van der Waals surface area contributed by atoms with E-state index >= 15 is 0 Å². The topological polar surface area (TPSA) is 81.5 Å². The van der Waals surface area contributed by atoms with Crippen LogP contribution in [0.15, 0.2) is 35.1 Å². The molecule has 4 rings (SSSR count). The van der Waals surface area contributed by atoms with E-state index in [1.54, 1.807) is 28.5 Å². The number of nitrogens with zero attached hydrogens (tertiary/aromatic N) is 3. The summed E-state index contributed by atoms with van der Waals surface area (Å²) in [7, 11) is 0. The van der Waals surface area contributed by atoms with Gasteiger partial charge in [-0.3, -0.25) is 14.2 Å². The Morgan fingerprint density at radius 2 is 1.94 bits per heavy atom. The summed E-state index contributed by atoms with van der Waals surface area (Å²) in [4.78, 5) is 46.3. The van der Waals surface area contributed by atoms with Crippen molar-refractivity contribution in [3.63, 3.8) is 0 Å². The van der Waals surface area contributed by atoms with Crippen LogP contribution in [0.4, 0.5) is 0 Å². The highest BCUT2D eigenvalue weighted by molar-refractivity contribution is 7.20. The molecule has 0 radical (unpaired) electrons. The van der Waals surface area contributed by atoms with E-state index in [4.69, 9.17) is 4.74 Å². The molecule has 1 aliphatic rings. The Morgan fingerprint density at radius 3 is 2.61 bits per heavy atom. The van der Waals surface area contributed by atoms with E-state index in [9.17, 15) is 14.4 Å². The minimum absolute atomic E-state index is 0.107. The van der Waals surface area contributed by atoms with Gasteiger partial charge in [0.15, 0.2) is 0 Å². The number of carbonyl (C=O) groups excluding carboxylic acids is 2. The van der Waals surface area contributed by atoms with E-state index in [0.29, 0.717) is 45.9 Å². The van der Waals surface area contributed by atoms with Crippen molar-refractivity contribution in [2.75, 3.05) is 13.1 Å². The lowest BCUT2D eigenvalue weighted by molar-refractivity contribution is -0.140. The maximum atomic E-state index is 13.2. The Bertz CT molecular complexity index is 1190. The fourth-order valence-corrected chi connectivity index (χ4v) is 5.09. The van der Waals surface area contributed by atoms with E-state index in [-0.39, 0.29) is 11.5 Å². The quantitative estimate of drug-likeness (QED) is 0.549. The van der Waals surface area contributed by atoms with E-state index in [0.717, 1.165) is 30.0 Å². The molecule has 3 heterocycles. The minimum Gasteiger partial charge on any atom is -0.443 e. The van der Waals surface area contributed by atoms with Crippen molar-refractivity contribution in [1.82, 2.24) is 14.5 Å². The number of likely N-dealkylation sites (N-methyl/N-ethyl adjacent to an activating group) is 1. The van der Waals surface area contributed by atoms with Gasteiger partial charge in [0, 0.05) is 31.6 Å². The number of thiophene rings is 1. The zero-order valence-electron chi connectivity index (χ0n) is 17.9. The van der Waals surface area contributed by atoms with E-state index < -0.39 is 12.1 Å². The molecular formula is C23H25N3O4S. The second kappa shape index (κ2) is 8.63. The smallest absolute Gasteiger partial charge is 0.349 e. The molecule has 0 aliphatic carbocycles. The first-order valence-corrected chi connectivity index (χ1v) is 11.3. The van der Waals surface area contributed by atoms with Crippen LogP contribution in [0.25, 0.3) is 10.2 Å². The summed E-state index contributed by atoms with van der Waals surface area (Å²) in [5.74, 6) is -0.113. The number of aryl methyl sites for hydroxylation is 2. The van der Waals surface area contributed by atoms with Gasteiger partial charge in [-0.1, -0.05) is 30.3 Å². The number of hydrogen-bond acceptors (Lipinski definition) is 6. The first kappa shape index (κ1) is 21.2. The Labute approximate surface area is 184 Å². The van der Waals surface area contributed by atoms with Gasteiger partial charge in [-0.05, 0) is 32.8 Å². The van der Waals surface area contributed by atoms with Crippen LogP contribution in [0.3, 0.4) is 0 Å². The predicted molar refractivity (Wildman–Crippen MR) is 119 cm³/mol. The Kier molecular flexibility index (Phi) is 5.91. The fourth-order valence-electron chi connectivity index (χ4n) is 4.02. The van der Waals surface area contributed by atoms with Gasteiger partial charge in [0.1, 0.15) is 15.5 Å². The van der Waals surface area contributed by atoms with E-state index in [1.165, 1.54) is 0 Å². The van der Waals surface area contributed by atoms with Crippen LogP contribution in [0.2, 0.25) is 0 Å². The maximum Gasteiger partial charge on any atom is 0.349 e. The average molecular weight is 440 g/mol. The minimum atomic E-state index is -1.04. The molecule has 0 bridgehead atoms. The molecule has 1 aliphatic heterocycles. The highest BCUT2D eigenvalue weighted by atomic mass is 32.1. The number of aromatic nitrogens is 2. The summed E-state index contributed by atoms with van der Waals surface area (Å²) < 4.78 is 7.45. The number of fused-ring (bicyclic) bond motifs is 2. The Hall–Kier alpha value is -3.00. The van der Waals surface area contributed by atoms with Gasteiger partial charge < -0.3 is 9.64 Å². The van der Waals surface area contributed by atoms with Crippen molar-refractivity contribution in [1.29, 1.82) is 0 Å². The maximum absolute atomic E-state index is 13.2. The van der Waals surface area contributed by atoms with E-state index in [2.05, 4.69) is 4.98 Å². The van der Waals surface area contributed by atoms with Gasteiger partial charge in [-0.25, -0.2) is 9.78 Å². The monoisotopic (exact) mass is 439 g/mol. The van der Waals surface area contributed by atoms with Crippen LogP contribution in [-0.2, 0) is 22.5 Å². The first-order valence-electron chi connectivity index (χ1n) is 10.5. The van der Waals surface area contributed by atoms with Crippen LogP contribution >= 0.6 is 11.3 Å². The number of amides is 1. The third kappa shape index (κ3) is 3.76. The molecule has 0 saturated heterocycles. The molecule has 1 amide bonds. The van der Waals surface area contributed by atoms with Crippen LogP contribution in [0.5, 0.6) is 0 Å². The normalized spacial score (nSPS) is 13.8. The summed E-state index contributed by atoms with van der Waals surface area (Å²) in [6, 6.07) is 9.01. The Balaban J connectivity index is 1.71. The van der Waals surface area contributed by atoms with Crippen molar-refractivity contribution in [3.8, 4) is 0 Å². The standard InChI is InChI=1S/C23H25N3O4S/c1-4-25(5-2)22(28)18(15-10-7-6-8-11-15)30-23(29)19-14(3)17-20(31-19)24-16-12-9-13-26(16)21(17)27/h6-8,10-11,18H,4-5,9,12-13H2,1-3H3/t18-/m1/s1. The molecule has 0 spiro atoms. The van der Waals surface area contributed by atoms with Crippen molar-refractivity contribution in [2.45, 2.75) is 46.3 Å². The van der Waals surface area contributed by atoms with Gasteiger partial charge in [0.25, 0.3) is 11.5 Å². The van der Waals surface area contributed by atoms with Gasteiger partial charge >= 0.3 is 5.97 Å². The molecule has 0 unspecified atom stereocenters. The summed E-state index contributed by atoms with van der Waals surface area (Å²) in [6.45, 7) is 7.21. The number of ether oxygens (including phenoxy) is 1. The lowest BCUT2D eigenvalue weighted by atomic mass is 10.1. The van der Waals surface area contributed by atoms with Gasteiger partial charge in [0.05, 0.1) is 5.39 Å². The van der Waals surface area contributed by atoms with Crippen LogP contribution in [-0.4, -0.2) is 39.4 Å². The second-order valence-electron chi connectivity index (χ2n) is 7.53. The van der Waals surface area contributed by atoms with Crippen molar-refractivity contribution in [2.24, 2.45) is 0 Å². The number of hydrogen-bond donors (Lipinski definition) is 0. The molecule has 0 N–H and O–H groups in total. The highest BCUT2D eigenvalue weighted by Gasteiger charge is 2.31. The molecule has 162 valence electrons. The molecule has 1 atom stereocenters. The summed E-state index contributed by atoms with van der Waals surface area (Å²) in [5.41, 5.74) is 1.07. The molecule has 0 fully saturated rings. The van der Waals surface area contributed by atoms with Crippen molar-refractivity contribution in [3.05, 3.63) is 62.5 Å². The molecule has 8 heteroatoms. The summed E-state index contributed by atoms with van der Waals surface area (Å²) in [6.07, 6.45) is 0.619. The van der Waals surface area contributed by atoms with Crippen LogP contribution < -0.4 is 5.56 Å². The lowest BCUT2D eigenvalue weighted by Crippen LogP contribution is -2.36. The zero-order chi connectivity index (χ0) is 22.1. The molecule has 7 nitrogen and oxygen atoms in total. The number of benzene rings is 1. The number of carbonyl (C=O) groups is 2. The largest absolute Gasteiger partial charge is 0.443 e. The molecule has 0 saturated carbocycles. The molecule has 3 aromatic rings. The van der Waals surface area contributed by atoms with E-state index in [1.807, 2.05) is 32.0 Å². The molecule has 2 aromatic heterocycles.